The van der Waals surface area contributed by atoms with Gasteiger partial charge in [-0.2, -0.15) is 0 Å². The monoisotopic (exact) mass is 259 g/mol. The summed E-state index contributed by atoms with van der Waals surface area (Å²) < 4.78 is 31.4. The number of hydrogen-bond donors (Lipinski definition) is 0. The molecule has 0 radical (unpaired) electrons. The molecule has 0 fully saturated rings. The van der Waals surface area contributed by atoms with Crippen LogP contribution in [-0.2, 0) is 0 Å². The zero-order chi connectivity index (χ0) is 13.4. The minimum Gasteiger partial charge on any atom is -0.449 e. The summed E-state index contributed by atoms with van der Waals surface area (Å²) in [5.74, 6) is -1.62. The summed E-state index contributed by atoms with van der Waals surface area (Å²) in [5, 5.41) is 0.491. The summed E-state index contributed by atoms with van der Waals surface area (Å²) in [4.78, 5) is 15.7. The highest BCUT2D eigenvalue weighted by molar-refractivity contribution is 6.07. The first kappa shape index (κ1) is 11.5. The van der Waals surface area contributed by atoms with E-state index in [1.807, 2.05) is 0 Å². The average Bonchev–Trinajstić information content (AvgIpc) is 2.84. The molecule has 3 nitrogen and oxygen atoms in total. The minimum atomic E-state index is -0.538. The molecular formula is C14H7F2NO2. The van der Waals surface area contributed by atoms with Crippen LogP contribution in [0.4, 0.5) is 8.78 Å². The van der Waals surface area contributed by atoms with Crippen LogP contribution < -0.4 is 0 Å². The van der Waals surface area contributed by atoms with Crippen molar-refractivity contribution in [2.75, 3.05) is 0 Å². The fourth-order valence-electron chi connectivity index (χ4n) is 1.78. The molecule has 0 atom stereocenters. The molecule has 0 aliphatic heterocycles. The van der Waals surface area contributed by atoms with E-state index in [4.69, 9.17) is 4.42 Å². The zero-order valence-electron chi connectivity index (χ0n) is 9.56. The van der Waals surface area contributed by atoms with E-state index in [1.54, 1.807) is 6.07 Å². The predicted molar refractivity (Wildman–Crippen MR) is 63.8 cm³/mol. The third kappa shape index (κ3) is 1.99. The maximum Gasteiger partial charge on any atom is 0.246 e. The molecule has 19 heavy (non-hydrogen) atoms. The number of halogens is 2. The number of hydrogen-bond acceptors (Lipinski definition) is 3. The van der Waals surface area contributed by atoms with Gasteiger partial charge in [0.25, 0.3) is 0 Å². The summed E-state index contributed by atoms with van der Waals surface area (Å²) in [5.41, 5.74) is 0.0637. The van der Waals surface area contributed by atoms with Gasteiger partial charge < -0.3 is 4.42 Å². The fraction of sp³-hybridized carbons (Fsp3) is 0. The summed E-state index contributed by atoms with van der Waals surface area (Å²) in [7, 11) is 0. The molecule has 0 bridgehead atoms. The lowest BCUT2D eigenvalue weighted by atomic mass is 10.2. The maximum atomic E-state index is 13.4. The van der Waals surface area contributed by atoms with Crippen molar-refractivity contribution in [1.82, 2.24) is 4.98 Å². The molecule has 3 aromatic rings. The molecule has 0 N–H and O–H groups in total. The highest BCUT2D eigenvalue weighted by atomic mass is 19.1. The Bertz CT molecular complexity index is 763. The van der Waals surface area contributed by atoms with Gasteiger partial charge in [-0.3, -0.25) is 4.79 Å². The van der Waals surface area contributed by atoms with Gasteiger partial charge in [0.1, 0.15) is 11.5 Å². The van der Waals surface area contributed by atoms with Gasteiger partial charge in [0.05, 0.1) is 6.20 Å². The average molecular weight is 259 g/mol. The topological polar surface area (TPSA) is 43.1 Å². The van der Waals surface area contributed by atoms with Gasteiger partial charge in [0.2, 0.25) is 5.78 Å². The van der Waals surface area contributed by atoms with Crippen LogP contribution in [-0.4, -0.2) is 10.8 Å². The van der Waals surface area contributed by atoms with Crippen molar-refractivity contribution >= 4 is 16.8 Å². The standard InChI is InChI=1S/C14H7F2NO2/c15-9-4-5-11(17-7-9)13(18)12-6-8-2-1-3-10(16)14(8)19-12/h1-7H. The molecule has 0 spiro atoms. The number of furan rings is 1. The van der Waals surface area contributed by atoms with Gasteiger partial charge in [-0.1, -0.05) is 12.1 Å². The number of carbonyl (C=O) groups excluding carboxylic acids is 1. The van der Waals surface area contributed by atoms with Crippen LogP contribution in [0, 0.1) is 11.6 Å². The van der Waals surface area contributed by atoms with Gasteiger partial charge in [-0.25, -0.2) is 13.8 Å². The van der Waals surface area contributed by atoms with Crippen LogP contribution in [0.25, 0.3) is 11.0 Å². The molecule has 0 amide bonds. The molecule has 2 aromatic heterocycles. The largest absolute Gasteiger partial charge is 0.449 e. The number of nitrogens with zero attached hydrogens (tertiary/aromatic N) is 1. The SMILES string of the molecule is O=C(c1ccc(F)cn1)c1cc2cccc(F)c2o1. The number of rotatable bonds is 2. The number of fused-ring (bicyclic) bond motifs is 1. The molecule has 3 rings (SSSR count). The minimum absolute atomic E-state index is 0.0213. The smallest absolute Gasteiger partial charge is 0.246 e. The Morgan fingerprint density at radius 3 is 2.68 bits per heavy atom. The van der Waals surface area contributed by atoms with E-state index < -0.39 is 17.4 Å². The third-order valence-electron chi connectivity index (χ3n) is 2.68. The van der Waals surface area contributed by atoms with Crippen LogP contribution in [0.15, 0.2) is 47.0 Å². The van der Waals surface area contributed by atoms with Crippen molar-refractivity contribution in [3.8, 4) is 0 Å². The van der Waals surface area contributed by atoms with E-state index in [0.29, 0.717) is 5.39 Å². The number of aromatic nitrogens is 1. The van der Waals surface area contributed by atoms with Gasteiger partial charge in [0, 0.05) is 5.39 Å². The van der Waals surface area contributed by atoms with Crippen LogP contribution in [0.5, 0.6) is 0 Å². The number of ketones is 1. The lowest BCUT2D eigenvalue weighted by Crippen LogP contribution is -2.02. The Morgan fingerprint density at radius 2 is 2.00 bits per heavy atom. The number of para-hydroxylation sites is 1. The Hall–Kier alpha value is -2.56. The van der Waals surface area contributed by atoms with Crippen molar-refractivity contribution in [3.05, 3.63) is 65.7 Å². The van der Waals surface area contributed by atoms with E-state index in [1.165, 1.54) is 24.3 Å². The molecule has 0 unspecified atom stereocenters. The Kier molecular flexibility index (Phi) is 2.59. The number of pyridine rings is 1. The van der Waals surface area contributed by atoms with Crippen molar-refractivity contribution in [1.29, 1.82) is 0 Å². The molecule has 94 valence electrons. The molecule has 0 aliphatic carbocycles. The van der Waals surface area contributed by atoms with Gasteiger partial charge >= 0.3 is 0 Å². The van der Waals surface area contributed by atoms with E-state index in [9.17, 15) is 13.6 Å². The van der Waals surface area contributed by atoms with Gasteiger partial charge in [-0.15, -0.1) is 0 Å². The normalized spacial score (nSPS) is 10.8. The van der Waals surface area contributed by atoms with Crippen LogP contribution in [0.1, 0.15) is 16.2 Å². The van der Waals surface area contributed by atoms with E-state index in [-0.39, 0.29) is 17.0 Å². The summed E-state index contributed by atoms with van der Waals surface area (Å²) in [6.45, 7) is 0. The molecule has 5 heteroatoms. The molecule has 0 saturated heterocycles. The first-order valence-corrected chi connectivity index (χ1v) is 5.49. The van der Waals surface area contributed by atoms with E-state index in [0.717, 1.165) is 12.3 Å². The van der Waals surface area contributed by atoms with Crippen molar-refractivity contribution < 1.29 is 18.0 Å². The second kappa shape index (κ2) is 4.28. The first-order valence-electron chi connectivity index (χ1n) is 5.49. The van der Waals surface area contributed by atoms with Crippen molar-refractivity contribution in [2.24, 2.45) is 0 Å². The Morgan fingerprint density at radius 1 is 1.16 bits per heavy atom. The van der Waals surface area contributed by atoms with Crippen molar-refractivity contribution in [2.45, 2.75) is 0 Å². The second-order valence-electron chi connectivity index (χ2n) is 3.96. The molecule has 0 saturated carbocycles. The first-order chi connectivity index (χ1) is 9.15. The van der Waals surface area contributed by atoms with E-state index >= 15 is 0 Å². The van der Waals surface area contributed by atoms with Crippen LogP contribution in [0.3, 0.4) is 0 Å². The second-order valence-corrected chi connectivity index (χ2v) is 3.96. The predicted octanol–water partition coefficient (Wildman–Crippen LogP) is 3.34. The van der Waals surface area contributed by atoms with Crippen LogP contribution >= 0.6 is 0 Å². The van der Waals surface area contributed by atoms with Crippen molar-refractivity contribution in [3.63, 3.8) is 0 Å². The summed E-state index contributed by atoms with van der Waals surface area (Å²) >= 11 is 0. The highest BCUT2D eigenvalue weighted by Gasteiger charge is 2.17. The molecule has 2 heterocycles. The lowest BCUT2D eigenvalue weighted by Gasteiger charge is -1.95. The van der Waals surface area contributed by atoms with Crippen LogP contribution in [0.2, 0.25) is 0 Å². The quantitative estimate of drug-likeness (QED) is 0.663. The lowest BCUT2D eigenvalue weighted by molar-refractivity contribution is 0.101. The van der Waals surface area contributed by atoms with Gasteiger partial charge in [0.15, 0.2) is 17.2 Å². The summed E-state index contributed by atoms with van der Waals surface area (Å²) in [6, 6.07) is 8.22. The Labute approximate surface area is 106 Å². The molecular weight excluding hydrogens is 252 g/mol. The number of benzene rings is 1. The summed E-state index contributed by atoms with van der Waals surface area (Å²) in [6.07, 6.45) is 0.941. The Balaban J connectivity index is 2.06. The third-order valence-corrected chi connectivity index (χ3v) is 2.68. The molecule has 0 aliphatic rings. The van der Waals surface area contributed by atoms with Gasteiger partial charge in [-0.05, 0) is 24.3 Å². The van der Waals surface area contributed by atoms with E-state index in [2.05, 4.69) is 4.98 Å². The number of carbonyl (C=O) groups is 1. The maximum absolute atomic E-state index is 13.4. The zero-order valence-corrected chi connectivity index (χ0v) is 9.56. The fourth-order valence-corrected chi connectivity index (χ4v) is 1.78. The molecule has 1 aromatic carbocycles. The highest BCUT2D eigenvalue weighted by Crippen LogP contribution is 2.23.